The van der Waals surface area contributed by atoms with E-state index in [2.05, 4.69) is 15.5 Å². The number of urea groups is 1. The van der Waals surface area contributed by atoms with Crippen LogP contribution in [0.1, 0.15) is 43.6 Å². The minimum atomic E-state index is -0.0529. The quantitative estimate of drug-likeness (QED) is 0.747. The standard InChI is InChI=1S/C17H27N3O3/c21-12-16-6-5-15(23-16)11-20-8-7-13(10-20)9-18-17(22)19-14-3-1-2-4-14/h5-6,13-14,21H,1-4,7-12H2,(H2,18,19,22)/t13-/m1/s1. The Labute approximate surface area is 137 Å². The van der Waals surface area contributed by atoms with Gasteiger partial charge in [0.25, 0.3) is 0 Å². The van der Waals surface area contributed by atoms with Crippen molar-refractivity contribution in [2.75, 3.05) is 19.6 Å². The highest BCUT2D eigenvalue weighted by atomic mass is 16.4. The lowest BCUT2D eigenvalue weighted by atomic mass is 10.1. The molecule has 128 valence electrons. The maximum absolute atomic E-state index is 11.9. The molecule has 6 nitrogen and oxygen atoms in total. The second kappa shape index (κ2) is 7.84. The molecule has 23 heavy (non-hydrogen) atoms. The topological polar surface area (TPSA) is 77.7 Å². The summed E-state index contributed by atoms with van der Waals surface area (Å²) < 4.78 is 5.53. The van der Waals surface area contributed by atoms with E-state index in [0.29, 0.717) is 17.7 Å². The molecule has 6 heteroatoms. The molecule has 1 saturated carbocycles. The molecule has 1 saturated heterocycles. The van der Waals surface area contributed by atoms with E-state index in [0.717, 1.165) is 51.2 Å². The highest BCUT2D eigenvalue weighted by molar-refractivity contribution is 5.74. The van der Waals surface area contributed by atoms with Gasteiger partial charge < -0.3 is 20.2 Å². The van der Waals surface area contributed by atoms with E-state index >= 15 is 0 Å². The van der Waals surface area contributed by atoms with Gasteiger partial charge in [0.1, 0.15) is 18.1 Å². The summed E-state index contributed by atoms with van der Waals surface area (Å²) >= 11 is 0. The number of likely N-dealkylation sites (tertiary alicyclic amines) is 1. The number of nitrogens with zero attached hydrogens (tertiary/aromatic N) is 1. The Kier molecular flexibility index (Phi) is 5.56. The van der Waals surface area contributed by atoms with E-state index < -0.39 is 0 Å². The summed E-state index contributed by atoms with van der Waals surface area (Å²) in [6.07, 6.45) is 5.78. The third kappa shape index (κ3) is 4.72. The van der Waals surface area contributed by atoms with E-state index in [9.17, 15) is 4.79 Å². The Morgan fingerprint density at radius 3 is 2.78 bits per heavy atom. The molecule has 0 bridgehead atoms. The van der Waals surface area contributed by atoms with Gasteiger partial charge in [-0.1, -0.05) is 12.8 Å². The molecule has 0 aromatic carbocycles. The lowest BCUT2D eigenvalue weighted by Gasteiger charge is -2.16. The second-order valence-electron chi connectivity index (χ2n) is 6.75. The molecule has 3 N–H and O–H groups in total. The molecule has 1 aromatic rings. The molecule has 0 radical (unpaired) electrons. The highest BCUT2D eigenvalue weighted by Crippen LogP contribution is 2.20. The Balaban J connectivity index is 1.35. The van der Waals surface area contributed by atoms with Crippen molar-refractivity contribution < 1.29 is 14.3 Å². The van der Waals surface area contributed by atoms with Crippen LogP contribution in [0.2, 0.25) is 0 Å². The summed E-state index contributed by atoms with van der Waals surface area (Å²) in [5.74, 6) is 2.00. The van der Waals surface area contributed by atoms with Gasteiger partial charge in [-0.05, 0) is 43.9 Å². The van der Waals surface area contributed by atoms with Crippen molar-refractivity contribution in [3.8, 4) is 0 Å². The number of rotatable bonds is 6. The van der Waals surface area contributed by atoms with E-state index in [-0.39, 0.29) is 12.6 Å². The van der Waals surface area contributed by atoms with Crippen molar-refractivity contribution in [3.63, 3.8) is 0 Å². The van der Waals surface area contributed by atoms with Crippen molar-refractivity contribution in [1.29, 1.82) is 0 Å². The summed E-state index contributed by atoms with van der Waals surface area (Å²) in [5, 5.41) is 15.1. The number of furan rings is 1. The first-order valence-corrected chi connectivity index (χ1v) is 8.68. The molecular weight excluding hydrogens is 294 g/mol. The molecule has 3 rings (SSSR count). The Morgan fingerprint density at radius 1 is 1.26 bits per heavy atom. The molecule has 2 amide bonds. The van der Waals surface area contributed by atoms with Crippen LogP contribution in [0.4, 0.5) is 4.79 Å². The van der Waals surface area contributed by atoms with Crippen molar-refractivity contribution in [2.45, 2.75) is 51.3 Å². The van der Waals surface area contributed by atoms with Crippen LogP contribution in [-0.4, -0.2) is 41.7 Å². The fraction of sp³-hybridized carbons (Fsp3) is 0.706. The van der Waals surface area contributed by atoms with Gasteiger partial charge in [-0.15, -0.1) is 0 Å². The lowest BCUT2D eigenvalue weighted by molar-refractivity contribution is 0.229. The zero-order valence-corrected chi connectivity index (χ0v) is 13.6. The van der Waals surface area contributed by atoms with E-state index in [4.69, 9.17) is 9.52 Å². The largest absolute Gasteiger partial charge is 0.462 e. The third-order valence-corrected chi connectivity index (χ3v) is 4.86. The molecule has 2 heterocycles. The summed E-state index contributed by atoms with van der Waals surface area (Å²) in [6, 6.07) is 4.09. The molecule has 0 unspecified atom stereocenters. The van der Waals surface area contributed by atoms with Crippen LogP contribution in [-0.2, 0) is 13.2 Å². The minimum absolute atomic E-state index is 0.0195. The molecule has 1 aliphatic carbocycles. The summed E-state index contributed by atoms with van der Waals surface area (Å²) in [7, 11) is 0. The summed E-state index contributed by atoms with van der Waals surface area (Å²) in [5.41, 5.74) is 0. The van der Waals surface area contributed by atoms with Gasteiger partial charge in [-0.3, -0.25) is 4.90 Å². The van der Waals surface area contributed by atoms with E-state index in [1.807, 2.05) is 12.1 Å². The number of aliphatic hydroxyl groups excluding tert-OH is 1. The average Bonchev–Trinajstić information content (AvgIpc) is 3.27. The predicted octanol–water partition coefficient (Wildman–Crippen LogP) is 1.84. The van der Waals surface area contributed by atoms with Crippen LogP contribution in [0.3, 0.4) is 0 Å². The van der Waals surface area contributed by atoms with Crippen LogP contribution < -0.4 is 10.6 Å². The third-order valence-electron chi connectivity index (χ3n) is 4.86. The maximum atomic E-state index is 11.9. The zero-order chi connectivity index (χ0) is 16.1. The van der Waals surface area contributed by atoms with Gasteiger partial charge in [-0.25, -0.2) is 4.79 Å². The van der Waals surface area contributed by atoms with Crippen LogP contribution in [0.5, 0.6) is 0 Å². The maximum Gasteiger partial charge on any atom is 0.315 e. The number of carbonyl (C=O) groups excluding carboxylic acids is 1. The van der Waals surface area contributed by atoms with Crippen LogP contribution in [0.15, 0.2) is 16.5 Å². The number of hydrogen-bond acceptors (Lipinski definition) is 4. The SMILES string of the molecule is O=C(NC[C@H]1CCN(Cc2ccc(CO)o2)C1)NC1CCCC1. The molecule has 0 spiro atoms. The zero-order valence-electron chi connectivity index (χ0n) is 13.6. The van der Waals surface area contributed by atoms with Gasteiger partial charge in [0.05, 0.1) is 6.54 Å². The molecule has 2 aliphatic rings. The average molecular weight is 321 g/mol. The Hall–Kier alpha value is -1.53. The molecule has 1 aliphatic heterocycles. The Bertz CT molecular complexity index is 511. The van der Waals surface area contributed by atoms with Crippen LogP contribution >= 0.6 is 0 Å². The summed E-state index contributed by atoms with van der Waals surface area (Å²) in [6.45, 7) is 3.44. The first-order chi connectivity index (χ1) is 11.2. The molecule has 1 atom stereocenters. The van der Waals surface area contributed by atoms with Gasteiger partial charge >= 0.3 is 6.03 Å². The molecule has 1 aromatic heterocycles. The lowest BCUT2D eigenvalue weighted by Crippen LogP contribution is -2.42. The number of aliphatic hydroxyl groups is 1. The molecular formula is C17H27N3O3. The van der Waals surface area contributed by atoms with Crippen molar-refractivity contribution in [2.24, 2.45) is 5.92 Å². The van der Waals surface area contributed by atoms with Crippen LogP contribution in [0.25, 0.3) is 0 Å². The first kappa shape index (κ1) is 16.3. The van der Waals surface area contributed by atoms with Crippen molar-refractivity contribution in [3.05, 3.63) is 23.7 Å². The highest BCUT2D eigenvalue weighted by Gasteiger charge is 2.24. The number of carbonyl (C=O) groups is 1. The second-order valence-corrected chi connectivity index (χ2v) is 6.75. The monoisotopic (exact) mass is 321 g/mol. The normalized spacial score (nSPS) is 22.6. The van der Waals surface area contributed by atoms with Gasteiger partial charge in [0.15, 0.2) is 0 Å². The van der Waals surface area contributed by atoms with E-state index in [1.165, 1.54) is 12.8 Å². The summed E-state index contributed by atoms with van der Waals surface area (Å²) in [4.78, 5) is 14.2. The minimum Gasteiger partial charge on any atom is -0.462 e. The van der Waals surface area contributed by atoms with Gasteiger partial charge in [-0.2, -0.15) is 0 Å². The smallest absolute Gasteiger partial charge is 0.315 e. The fourth-order valence-electron chi connectivity index (χ4n) is 3.58. The first-order valence-electron chi connectivity index (χ1n) is 8.68. The number of hydrogen-bond donors (Lipinski definition) is 3. The Morgan fingerprint density at radius 2 is 2.04 bits per heavy atom. The number of amides is 2. The van der Waals surface area contributed by atoms with Crippen LogP contribution in [0, 0.1) is 5.92 Å². The predicted molar refractivity (Wildman–Crippen MR) is 86.8 cm³/mol. The molecule has 2 fully saturated rings. The van der Waals surface area contributed by atoms with Crippen molar-refractivity contribution in [1.82, 2.24) is 15.5 Å². The number of nitrogens with one attached hydrogen (secondary N) is 2. The van der Waals surface area contributed by atoms with Crippen molar-refractivity contribution >= 4 is 6.03 Å². The fourth-order valence-corrected chi connectivity index (χ4v) is 3.58. The van der Waals surface area contributed by atoms with Gasteiger partial charge in [0.2, 0.25) is 0 Å². The van der Waals surface area contributed by atoms with Gasteiger partial charge in [0, 0.05) is 19.1 Å². The van der Waals surface area contributed by atoms with E-state index in [1.54, 1.807) is 0 Å².